The van der Waals surface area contributed by atoms with Crippen LogP contribution in [0.4, 0.5) is 0 Å². The van der Waals surface area contributed by atoms with E-state index < -0.39 is 11.9 Å². The predicted molar refractivity (Wildman–Crippen MR) is 80.9 cm³/mol. The Labute approximate surface area is 122 Å². The van der Waals surface area contributed by atoms with Crippen LogP contribution in [-0.2, 0) is 9.59 Å². The van der Waals surface area contributed by atoms with Crippen molar-refractivity contribution in [2.75, 3.05) is 0 Å². The van der Waals surface area contributed by atoms with Crippen molar-refractivity contribution in [1.29, 1.82) is 0 Å². The van der Waals surface area contributed by atoms with E-state index in [0.29, 0.717) is 6.42 Å². The van der Waals surface area contributed by atoms with Crippen molar-refractivity contribution in [1.82, 2.24) is 4.90 Å². The topological polar surface area (TPSA) is 63.4 Å². The van der Waals surface area contributed by atoms with Crippen LogP contribution in [0.1, 0.15) is 30.2 Å². The zero-order valence-electron chi connectivity index (χ0n) is 11.6. The first-order chi connectivity index (χ1) is 9.52. The quantitative estimate of drug-likeness (QED) is 0.925. The lowest BCUT2D eigenvalue weighted by atomic mass is 10.1. The maximum absolute atomic E-state index is 12.1. The number of nitrogens with two attached hydrogens (primary N) is 1. The minimum absolute atomic E-state index is 0.102. The Kier molecular flexibility index (Phi) is 4.39. The first-order valence-corrected chi connectivity index (χ1v) is 7.45. The van der Waals surface area contributed by atoms with Crippen molar-refractivity contribution in [2.45, 2.75) is 32.7 Å². The highest BCUT2D eigenvalue weighted by molar-refractivity contribution is 7.11. The van der Waals surface area contributed by atoms with E-state index in [1.165, 1.54) is 10.5 Å². The zero-order chi connectivity index (χ0) is 14.7. The summed E-state index contributed by atoms with van der Waals surface area (Å²) in [5.74, 6) is -0.573. The lowest BCUT2D eigenvalue weighted by Gasteiger charge is -2.25. The molecule has 2 heterocycles. The molecule has 1 aliphatic heterocycles. The Bertz CT molecular complexity index is 586. The molecular weight excluding hydrogens is 272 g/mol. The zero-order valence-corrected chi connectivity index (χ0v) is 12.4. The van der Waals surface area contributed by atoms with Gasteiger partial charge in [0.1, 0.15) is 6.04 Å². The van der Waals surface area contributed by atoms with Crippen molar-refractivity contribution in [3.63, 3.8) is 0 Å². The van der Waals surface area contributed by atoms with Gasteiger partial charge in [0.2, 0.25) is 11.8 Å². The van der Waals surface area contributed by atoms with Gasteiger partial charge in [0.15, 0.2) is 0 Å². The van der Waals surface area contributed by atoms with Gasteiger partial charge in [-0.25, -0.2) is 0 Å². The molecule has 1 aromatic heterocycles. The third kappa shape index (κ3) is 2.99. The molecule has 0 spiro atoms. The van der Waals surface area contributed by atoms with Gasteiger partial charge in [-0.15, -0.1) is 11.3 Å². The molecule has 0 aromatic carbocycles. The van der Waals surface area contributed by atoms with Crippen LogP contribution in [-0.4, -0.2) is 22.8 Å². The van der Waals surface area contributed by atoms with E-state index in [1.54, 1.807) is 17.5 Å². The molecule has 0 bridgehead atoms. The summed E-state index contributed by atoms with van der Waals surface area (Å²) in [5, 5.41) is 2.06. The number of rotatable bonds is 4. The Hall–Kier alpha value is -1.88. The summed E-state index contributed by atoms with van der Waals surface area (Å²) in [6.45, 7) is 3.88. The molecule has 2 amide bonds. The molecule has 2 N–H and O–H groups in total. The average molecular weight is 290 g/mol. The van der Waals surface area contributed by atoms with E-state index in [4.69, 9.17) is 5.73 Å². The SMILES string of the molecule is CCC(C(N)=O)N1C=C(c2cc(C)cs2)C=CCC1=O. The fourth-order valence-corrected chi connectivity index (χ4v) is 3.08. The number of allylic oxidation sites excluding steroid dienone is 2. The number of aryl methyl sites for hydroxylation is 1. The van der Waals surface area contributed by atoms with E-state index in [9.17, 15) is 9.59 Å². The third-order valence-electron chi connectivity index (χ3n) is 3.22. The number of amides is 2. The van der Waals surface area contributed by atoms with Crippen LogP contribution < -0.4 is 5.73 Å². The number of carbonyl (C=O) groups excluding carboxylic acids is 2. The highest BCUT2D eigenvalue weighted by Crippen LogP contribution is 2.27. The lowest BCUT2D eigenvalue weighted by Crippen LogP contribution is -2.44. The predicted octanol–water partition coefficient (Wildman–Crippen LogP) is 2.45. The molecule has 0 saturated carbocycles. The van der Waals surface area contributed by atoms with Crippen molar-refractivity contribution >= 4 is 28.7 Å². The first-order valence-electron chi connectivity index (χ1n) is 6.57. The smallest absolute Gasteiger partial charge is 0.240 e. The second-order valence-electron chi connectivity index (χ2n) is 4.81. The van der Waals surface area contributed by atoms with Gasteiger partial charge in [-0.3, -0.25) is 9.59 Å². The molecule has 0 fully saturated rings. The van der Waals surface area contributed by atoms with Crippen LogP contribution >= 0.6 is 11.3 Å². The van der Waals surface area contributed by atoms with Crippen LogP contribution in [0.2, 0.25) is 0 Å². The van der Waals surface area contributed by atoms with Crippen LogP contribution in [0.15, 0.2) is 29.8 Å². The summed E-state index contributed by atoms with van der Waals surface area (Å²) in [4.78, 5) is 26.2. The molecular formula is C15H18N2O2S. The van der Waals surface area contributed by atoms with E-state index >= 15 is 0 Å². The van der Waals surface area contributed by atoms with Gasteiger partial charge in [0.05, 0.1) is 0 Å². The molecule has 5 heteroatoms. The average Bonchev–Trinajstić information content (AvgIpc) is 2.73. The first kappa shape index (κ1) is 14.5. The normalized spacial score (nSPS) is 16.8. The highest BCUT2D eigenvalue weighted by atomic mass is 32.1. The Balaban J connectivity index is 2.40. The summed E-state index contributed by atoms with van der Waals surface area (Å²) in [7, 11) is 0. The van der Waals surface area contributed by atoms with Gasteiger partial charge in [-0.2, -0.15) is 0 Å². The standard InChI is InChI=1S/C15H18N2O2S/c1-3-12(15(16)19)17-8-11(5-4-6-14(17)18)13-7-10(2)9-20-13/h4-5,7-9,12H,3,6H2,1-2H3,(H2,16,19). The minimum atomic E-state index is -0.585. The van der Waals surface area contributed by atoms with Crippen molar-refractivity contribution in [3.8, 4) is 0 Å². The molecule has 20 heavy (non-hydrogen) atoms. The number of nitrogens with zero attached hydrogens (tertiary/aromatic N) is 1. The molecule has 1 aliphatic rings. The molecule has 4 nitrogen and oxygen atoms in total. The Morgan fingerprint density at radius 1 is 1.55 bits per heavy atom. The van der Waals surface area contributed by atoms with Crippen LogP contribution in [0.25, 0.3) is 5.57 Å². The maximum atomic E-state index is 12.1. The molecule has 2 rings (SSSR count). The number of carbonyl (C=O) groups is 2. The van der Waals surface area contributed by atoms with E-state index in [2.05, 4.69) is 11.4 Å². The summed E-state index contributed by atoms with van der Waals surface area (Å²) < 4.78 is 0. The van der Waals surface area contributed by atoms with E-state index in [1.807, 2.05) is 26.0 Å². The van der Waals surface area contributed by atoms with Gasteiger partial charge >= 0.3 is 0 Å². The minimum Gasteiger partial charge on any atom is -0.368 e. The highest BCUT2D eigenvalue weighted by Gasteiger charge is 2.26. The molecule has 1 atom stereocenters. The van der Waals surface area contributed by atoms with Crippen LogP contribution in [0, 0.1) is 6.92 Å². The summed E-state index contributed by atoms with van der Waals surface area (Å²) >= 11 is 1.62. The Morgan fingerprint density at radius 3 is 2.85 bits per heavy atom. The summed E-state index contributed by atoms with van der Waals surface area (Å²) in [6, 6.07) is 1.48. The molecule has 106 valence electrons. The maximum Gasteiger partial charge on any atom is 0.240 e. The van der Waals surface area contributed by atoms with Gasteiger partial charge < -0.3 is 10.6 Å². The van der Waals surface area contributed by atoms with Gasteiger partial charge in [0, 0.05) is 23.1 Å². The fraction of sp³-hybridized carbons (Fsp3) is 0.333. The van der Waals surface area contributed by atoms with Crippen molar-refractivity contribution in [3.05, 3.63) is 40.2 Å². The van der Waals surface area contributed by atoms with Crippen LogP contribution in [0.3, 0.4) is 0 Å². The molecule has 1 unspecified atom stereocenters. The fourth-order valence-electron chi connectivity index (χ4n) is 2.18. The number of hydrogen-bond acceptors (Lipinski definition) is 3. The van der Waals surface area contributed by atoms with Crippen molar-refractivity contribution in [2.24, 2.45) is 5.73 Å². The molecule has 0 saturated heterocycles. The second kappa shape index (κ2) is 6.05. The lowest BCUT2D eigenvalue weighted by molar-refractivity contribution is -0.135. The van der Waals surface area contributed by atoms with Gasteiger partial charge in [-0.05, 0) is 30.4 Å². The number of thiophene rings is 1. The van der Waals surface area contributed by atoms with Gasteiger partial charge in [0.25, 0.3) is 0 Å². The van der Waals surface area contributed by atoms with Crippen LogP contribution in [0.5, 0.6) is 0 Å². The molecule has 1 aromatic rings. The molecule has 0 radical (unpaired) electrons. The third-order valence-corrected chi connectivity index (χ3v) is 4.32. The summed E-state index contributed by atoms with van der Waals surface area (Å²) in [5.41, 5.74) is 7.52. The monoisotopic (exact) mass is 290 g/mol. The summed E-state index contributed by atoms with van der Waals surface area (Å²) in [6.07, 6.45) is 6.30. The second-order valence-corrected chi connectivity index (χ2v) is 5.72. The number of hydrogen-bond donors (Lipinski definition) is 1. The largest absolute Gasteiger partial charge is 0.368 e. The van der Waals surface area contributed by atoms with E-state index in [-0.39, 0.29) is 12.3 Å². The Morgan fingerprint density at radius 2 is 2.30 bits per heavy atom. The van der Waals surface area contributed by atoms with E-state index in [0.717, 1.165) is 10.5 Å². The number of primary amides is 1. The molecule has 0 aliphatic carbocycles. The van der Waals surface area contributed by atoms with Crippen molar-refractivity contribution < 1.29 is 9.59 Å². The van der Waals surface area contributed by atoms with Gasteiger partial charge in [-0.1, -0.05) is 19.1 Å².